The quantitative estimate of drug-likeness (QED) is 0.612. The maximum atomic E-state index is 13.6. The molecule has 0 unspecified atom stereocenters. The van der Waals surface area contributed by atoms with Crippen molar-refractivity contribution >= 4 is 16.8 Å². The summed E-state index contributed by atoms with van der Waals surface area (Å²) in [5, 5.41) is 9.89. The lowest BCUT2D eigenvalue weighted by molar-refractivity contribution is 0.101. The second-order valence-electron chi connectivity index (χ2n) is 8.15. The van der Waals surface area contributed by atoms with Crippen LogP contribution in [0.15, 0.2) is 41.2 Å². The van der Waals surface area contributed by atoms with Gasteiger partial charge in [-0.05, 0) is 68.5 Å². The number of ether oxygens (including phenoxy) is 2. The number of rotatable bonds is 6. The Morgan fingerprint density at radius 2 is 1.71 bits per heavy atom. The molecule has 0 bridgehead atoms. The zero-order valence-electron chi connectivity index (χ0n) is 18.1. The van der Waals surface area contributed by atoms with Crippen molar-refractivity contribution in [3.05, 3.63) is 58.0 Å². The summed E-state index contributed by atoms with van der Waals surface area (Å²) in [4.78, 5) is 25.5. The first-order valence-electron chi connectivity index (χ1n) is 10.6. The molecule has 0 radical (unpaired) electrons. The Labute approximate surface area is 180 Å². The van der Waals surface area contributed by atoms with Crippen molar-refractivity contribution in [3.8, 4) is 11.5 Å². The van der Waals surface area contributed by atoms with Crippen molar-refractivity contribution in [1.82, 2.24) is 9.13 Å². The standard InChI is InChI=1S/C24H28N2O5/c1-15(27)17-5-10-20-21(13-17)25(14-16-4-11-22(30-2)23(12-16)31-3)24(29)26(20)18-6-8-19(28)9-7-18/h4-5,10-13,18-19,28H,6-9,14H2,1-3H3. The monoisotopic (exact) mass is 424 g/mol. The van der Waals surface area contributed by atoms with Gasteiger partial charge in [0.15, 0.2) is 17.3 Å². The predicted molar refractivity (Wildman–Crippen MR) is 118 cm³/mol. The number of aromatic nitrogens is 2. The number of hydrogen-bond donors (Lipinski definition) is 1. The number of fused-ring (bicyclic) bond motifs is 1. The fourth-order valence-corrected chi connectivity index (χ4v) is 4.48. The fourth-order valence-electron chi connectivity index (χ4n) is 4.48. The summed E-state index contributed by atoms with van der Waals surface area (Å²) < 4.78 is 14.3. The van der Waals surface area contributed by atoms with Gasteiger partial charge in [0.05, 0.1) is 37.9 Å². The first-order chi connectivity index (χ1) is 14.9. The molecule has 7 heteroatoms. The first-order valence-corrected chi connectivity index (χ1v) is 10.6. The molecule has 0 saturated heterocycles. The van der Waals surface area contributed by atoms with Crippen LogP contribution in [-0.2, 0) is 6.54 Å². The summed E-state index contributed by atoms with van der Waals surface area (Å²) in [5.41, 5.74) is 2.92. The summed E-state index contributed by atoms with van der Waals surface area (Å²) in [5.74, 6) is 1.18. The van der Waals surface area contributed by atoms with E-state index in [2.05, 4.69) is 0 Å². The molecule has 4 rings (SSSR count). The first kappa shape index (κ1) is 21.2. The highest BCUT2D eigenvalue weighted by Gasteiger charge is 2.26. The number of aliphatic hydroxyl groups is 1. The number of Topliss-reactive ketones (excluding diaryl/α,β-unsaturated/α-hetero) is 1. The molecule has 0 spiro atoms. The van der Waals surface area contributed by atoms with Crippen molar-refractivity contribution in [1.29, 1.82) is 0 Å². The van der Waals surface area contributed by atoms with Gasteiger partial charge in [0.2, 0.25) is 0 Å². The summed E-state index contributed by atoms with van der Waals surface area (Å²) >= 11 is 0. The predicted octanol–water partition coefficient (Wildman–Crippen LogP) is 3.55. The lowest BCUT2D eigenvalue weighted by Gasteiger charge is -2.26. The molecule has 1 aliphatic carbocycles. The van der Waals surface area contributed by atoms with Gasteiger partial charge in [0.25, 0.3) is 0 Å². The van der Waals surface area contributed by atoms with Gasteiger partial charge in [-0.2, -0.15) is 0 Å². The molecule has 164 valence electrons. The van der Waals surface area contributed by atoms with E-state index >= 15 is 0 Å². The third-order valence-corrected chi connectivity index (χ3v) is 6.19. The Morgan fingerprint density at radius 3 is 2.35 bits per heavy atom. The van der Waals surface area contributed by atoms with Crippen LogP contribution >= 0.6 is 0 Å². The Balaban J connectivity index is 1.83. The smallest absolute Gasteiger partial charge is 0.329 e. The van der Waals surface area contributed by atoms with E-state index in [1.807, 2.05) is 28.8 Å². The van der Waals surface area contributed by atoms with Crippen LogP contribution in [0.5, 0.6) is 11.5 Å². The largest absolute Gasteiger partial charge is 0.493 e. The minimum atomic E-state index is -0.295. The van der Waals surface area contributed by atoms with Crippen molar-refractivity contribution in [2.75, 3.05) is 14.2 Å². The molecule has 1 N–H and O–H groups in total. The van der Waals surface area contributed by atoms with Crippen LogP contribution in [0.3, 0.4) is 0 Å². The number of ketones is 1. The molecule has 1 aliphatic rings. The van der Waals surface area contributed by atoms with Crippen molar-refractivity contribution in [2.45, 2.75) is 51.3 Å². The second-order valence-corrected chi connectivity index (χ2v) is 8.15. The number of imidazole rings is 1. The third kappa shape index (κ3) is 3.97. The Hall–Kier alpha value is -3.06. The molecule has 0 atom stereocenters. The van der Waals surface area contributed by atoms with Crippen molar-refractivity contribution < 1.29 is 19.4 Å². The van der Waals surface area contributed by atoms with E-state index in [1.54, 1.807) is 30.9 Å². The van der Waals surface area contributed by atoms with Gasteiger partial charge in [-0.15, -0.1) is 0 Å². The average molecular weight is 424 g/mol. The zero-order valence-corrected chi connectivity index (χ0v) is 18.1. The molecule has 1 saturated carbocycles. The van der Waals surface area contributed by atoms with Crippen LogP contribution in [-0.4, -0.2) is 40.3 Å². The SMILES string of the molecule is COc1ccc(Cn2c(=O)n(C3CCC(O)CC3)c3ccc(C(C)=O)cc32)cc1OC. The Morgan fingerprint density at radius 1 is 1.00 bits per heavy atom. The number of methoxy groups -OCH3 is 2. The number of carbonyl (C=O) groups excluding carboxylic acids is 1. The van der Waals surface area contributed by atoms with Crippen molar-refractivity contribution in [3.63, 3.8) is 0 Å². The Bertz CT molecular complexity index is 1170. The lowest BCUT2D eigenvalue weighted by atomic mass is 9.93. The van der Waals surface area contributed by atoms with E-state index in [1.165, 1.54) is 6.92 Å². The summed E-state index contributed by atoms with van der Waals surface area (Å²) in [7, 11) is 3.16. The van der Waals surface area contributed by atoms with E-state index in [0.717, 1.165) is 29.4 Å². The van der Waals surface area contributed by atoms with Crippen LogP contribution in [0.1, 0.15) is 54.6 Å². The summed E-state index contributed by atoms with van der Waals surface area (Å²) in [6.07, 6.45) is 2.59. The van der Waals surface area contributed by atoms with Gasteiger partial charge in [0.1, 0.15) is 0 Å². The van der Waals surface area contributed by atoms with Gasteiger partial charge in [-0.3, -0.25) is 13.9 Å². The molecular weight excluding hydrogens is 396 g/mol. The molecular formula is C24H28N2O5. The third-order valence-electron chi connectivity index (χ3n) is 6.19. The van der Waals surface area contributed by atoms with Gasteiger partial charge in [-0.1, -0.05) is 6.07 Å². The van der Waals surface area contributed by atoms with E-state index in [9.17, 15) is 14.7 Å². The number of hydrogen-bond acceptors (Lipinski definition) is 5. The highest BCUT2D eigenvalue weighted by atomic mass is 16.5. The number of benzene rings is 2. The molecule has 31 heavy (non-hydrogen) atoms. The average Bonchev–Trinajstić information content (AvgIpc) is 3.05. The molecule has 1 heterocycles. The second kappa shape index (κ2) is 8.59. The fraction of sp³-hybridized carbons (Fsp3) is 0.417. The topological polar surface area (TPSA) is 82.7 Å². The van der Waals surface area contributed by atoms with Crippen LogP contribution in [0, 0.1) is 0 Å². The highest BCUT2D eigenvalue weighted by Crippen LogP contribution is 2.32. The maximum absolute atomic E-state index is 13.6. The van der Waals surface area contributed by atoms with Crippen LogP contribution in [0.4, 0.5) is 0 Å². The van der Waals surface area contributed by atoms with Gasteiger partial charge in [-0.25, -0.2) is 4.79 Å². The number of carbonyl (C=O) groups is 1. The van der Waals surface area contributed by atoms with E-state index in [0.29, 0.717) is 36.4 Å². The van der Waals surface area contributed by atoms with Crippen molar-refractivity contribution in [2.24, 2.45) is 0 Å². The highest BCUT2D eigenvalue weighted by molar-refractivity contribution is 5.97. The van der Waals surface area contributed by atoms with Crippen LogP contribution in [0.25, 0.3) is 11.0 Å². The number of nitrogens with zero attached hydrogens (tertiary/aromatic N) is 2. The molecule has 0 aliphatic heterocycles. The van der Waals surface area contributed by atoms with Gasteiger partial charge < -0.3 is 14.6 Å². The zero-order chi connectivity index (χ0) is 22.1. The van der Waals surface area contributed by atoms with Crippen LogP contribution in [0.2, 0.25) is 0 Å². The minimum absolute atomic E-state index is 0.0354. The van der Waals surface area contributed by atoms with Crippen LogP contribution < -0.4 is 15.2 Å². The summed E-state index contributed by atoms with van der Waals surface area (Å²) in [6.45, 7) is 1.87. The Kier molecular flexibility index (Phi) is 5.87. The molecule has 2 aromatic carbocycles. The van der Waals surface area contributed by atoms with E-state index in [4.69, 9.17) is 9.47 Å². The maximum Gasteiger partial charge on any atom is 0.329 e. The van der Waals surface area contributed by atoms with E-state index < -0.39 is 0 Å². The van der Waals surface area contributed by atoms with Gasteiger partial charge >= 0.3 is 5.69 Å². The normalized spacial score (nSPS) is 18.8. The molecule has 0 amide bonds. The molecule has 3 aromatic rings. The molecule has 1 fully saturated rings. The number of aliphatic hydroxyl groups excluding tert-OH is 1. The molecule has 7 nitrogen and oxygen atoms in total. The lowest BCUT2D eigenvalue weighted by Crippen LogP contribution is -2.31. The van der Waals surface area contributed by atoms with Gasteiger partial charge in [0, 0.05) is 11.6 Å². The van der Waals surface area contributed by atoms with E-state index in [-0.39, 0.29) is 23.6 Å². The molecule has 1 aromatic heterocycles. The summed E-state index contributed by atoms with van der Waals surface area (Å²) in [6, 6.07) is 11.1. The minimum Gasteiger partial charge on any atom is -0.493 e.